The lowest BCUT2D eigenvalue weighted by Crippen LogP contribution is -2.35. The lowest BCUT2D eigenvalue weighted by Gasteiger charge is -2.22. The maximum atomic E-state index is 12.3. The van der Waals surface area contributed by atoms with E-state index in [0.717, 1.165) is 47.2 Å². The van der Waals surface area contributed by atoms with Gasteiger partial charge in [0.15, 0.2) is 12.2 Å². The number of hydrogen-bond donors (Lipinski definition) is 2. The summed E-state index contributed by atoms with van der Waals surface area (Å²) in [7, 11) is 3.11. The number of fused-ring (bicyclic) bond motifs is 2. The first kappa shape index (κ1) is 32.8. The SMILES string of the molecule is CCCCNC(=O)OC(COC)COc1c2ccccc2c(OCC(COC)OC(=O)NCCCC)c2ccccc12. The molecule has 10 heteroatoms. The standard InChI is InChI=1S/C32H44N2O8/c1-5-7-17-33-31(35)41-23(19-37-3)21-39-29-25-13-9-11-15-27(25)30(28-16-12-10-14-26(28)29)40-22-24(20-38-4)42-32(36)34-18-8-6-2/h9-16,23-24H,5-8,17-22H2,1-4H3,(H,33,35)(H,34,36). The molecule has 0 aliphatic rings. The summed E-state index contributed by atoms with van der Waals surface area (Å²) < 4.78 is 34.4. The molecule has 2 amide bonds. The van der Waals surface area contributed by atoms with Gasteiger partial charge in [-0.3, -0.25) is 0 Å². The Morgan fingerprint density at radius 3 is 1.29 bits per heavy atom. The molecule has 2 atom stereocenters. The minimum absolute atomic E-state index is 0.0973. The zero-order valence-corrected chi connectivity index (χ0v) is 25.1. The average Bonchev–Trinajstić information content (AvgIpc) is 2.99. The zero-order valence-electron chi connectivity index (χ0n) is 25.1. The lowest BCUT2D eigenvalue weighted by molar-refractivity contribution is 0.0139. The highest BCUT2D eigenvalue weighted by Crippen LogP contribution is 2.42. The number of unbranched alkanes of at least 4 members (excludes halogenated alkanes) is 2. The van der Waals surface area contributed by atoms with Crippen LogP contribution in [-0.2, 0) is 18.9 Å². The van der Waals surface area contributed by atoms with Crippen molar-refractivity contribution in [2.75, 3.05) is 53.7 Å². The zero-order chi connectivity index (χ0) is 30.2. The normalized spacial score (nSPS) is 12.5. The summed E-state index contributed by atoms with van der Waals surface area (Å²) in [5, 5.41) is 8.84. The summed E-state index contributed by atoms with van der Waals surface area (Å²) >= 11 is 0. The largest absolute Gasteiger partial charge is 0.488 e. The summed E-state index contributed by atoms with van der Waals surface area (Å²) in [6, 6.07) is 15.5. The third-order valence-corrected chi connectivity index (χ3v) is 6.51. The third-order valence-electron chi connectivity index (χ3n) is 6.51. The molecule has 10 nitrogen and oxygen atoms in total. The topological polar surface area (TPSA) is 114 Å². The van der Waals surface area contributed by atoms with Crippen LogP contribution >= 0.6 is 0 Å². The summed E-state index contributed by atoms with van der Waals surface area (Å²) in [5.41, 5.74) is 0. The first-order valence-corrected chi connectivity index (χ1v) is 14.6. The average molecular weight is 585 g/mol. The van der Waals surface area contributed by atoms with Gasteiger partial charge in [0.25, 0.3) is 0 Å². The van der Waals surface area contributed by atoms with E-state index in [2.05, 4.69) is 24.5 Å². The van der Waals surface area contributed by atoms with Crippen molar-refractivity contribution in [2.45, 2.75) is 51.7 Å². The van der Waals surface area contributed by atoms with Crippen LogP contribution < -0.4 is 20.1 Å². The van der Waals surface area contributed by atoms with Crippen LogP contribution in [-0.4, -0.2) is 78.1 Å². The number of amides is 2. The van der Waals surface area contributed by atoms with Gasteiger partial charge in [-0.1, -0.05) is 75.2 Å². The van der Waals surface area contributed by atoms with Crippen LogP contribution in [0.1, 0.15) is 39.5 Å². The van der Waals surface area contributed by atoms with Crippen LogP contribution in [0.15, 0.2) is 48.5 Å². The van der Waals surface area contributed by atoms with E-state index in [1.54, 1.807) is 14.2 Å². The van der Waals surface area contributed by atoms with Crippen molar-refractivity contribution in [1.82, 2.24) is 10.6 Å². The molecule has 2 N–H and O–H groups in total. The first-order valence-electron chi connectivity index (χ1n) is 14.6. The van der Waals surface area contributed by atoms with Crippen LogP contribution in [0, 0.1) is 0 Å². The molecule has 0 aliphatic carbocycles. The van der Waals surface area contributed by atoms with Gasteiger partial charge in [-0.05, 0) is 12.8 Å². The van der Waals surface area contributed by atoms with E-state index in [-0.39, 0.29) is 26.4 Å². The van der Waals surface area contributed by atoms with Gasteiger partial charge in [0.05, 0.1) is 13.2 Å². The second-order valence-electron chi connectivity index (χ2n) is 9.90. The van der Waals surface area contributed by atoms with Gasteiger partial charge in [0, 0.05) is 48.9 Å². The number of alkyl carbamates (subject to hydrolysis) is 2. The van der Waals surface area contributed by atoms with Crippen molar-refractivity contribution >= 4 is 33.7 Å². The molecular weight excluding hydrogens is 540 g/mol. The van der Waals surface area contributed by atoms with E-state index < -0.39 is 24.4 Å². The van der Waals surface area contributed by atoms with Crippen molar-refractivity contribution in [3.8, 4) is 11.5 Å². The summed E-state index contributed by atoms with van der Waals surface area (Å²) in [6.45, 7) is 5.77. The van der Waals surface area contributed by atoms with E-state index in [9.17, 15) is 9.59 Å². The minimum Gasteiger partial charge on any atom is -0.488 e. The molecule has 0 aromatic heterocycles. The van der Waals surface area contributed by atoms with Gasteiger partial charge in [-0.25, -0.2) is 9.59 Å². The molecule has 42 heavy (non-hydrogen) atoms. The number of ether oxygens (including phenoxy) is 6. The fourth-order valence-electron chi connectivity index (χ4n) is 4.44. The lowest BCUT2D eigenvalue weighted by atomic mass is 10.0. The fourth-order valence-corrected chi connectivity index (χ4v) is 4.44. The number of rotatable bonds is 18. The monoisotopic (exact) mass is 584 g/mol. The Labute approximate surface area is 247 Å². The van der Waals surface area contributed by atoms with Crippen molar-refractivity contribution < 1.29 is 38.0 Å². The second-order valence-corrected chi connectivity index (χ2v) is 9.90. The van der Waals surface area contributed by atoms with Gasteiger partial charge >= 0.3 is 12.2 Å². The van der Waals surface area contributed by atoms with Crippen molar-refractivity contribution in [2.24, 2.45) is 0 Å². The van der Waals surface area contributed by atoms with E-state index in [4.69, 9.17) is 28.4 Å². The molecule has 0 bridgehead atoms. The van der Waals surface area contributed by atoms with Crippen molar-refractivity contribution in [1.29, 1.82) is 0 Å². The van der Waals surface area contributed by atoms with E-state index in [1.807, 2.05) is 48.5 Å². The number of carbonyl (C=O) groups excluding carboxylic acids is 2. The van der Waals surface area contributed by atoms with Crippen molar-refractivity contribution in [3.63, 3.8) is 0 Å². The Bertz CT molecular complexity index is 1110. The molecular formula is C32H44N2O8. The number of carbonyl (C=O) groups is 2. The maximum Gasteiger partial charge on any atom is 0.407 e. The quantitative estimate of drug-likeness (QED) is 0.142. The summed E-state index contributed by atoms with van der Waals surface area (Å²) in [4.78, 5) is 24.6. The maximum absolute atomic E-state index is 12.3. The van der Waals surface area contributed by atoms with E-state index >= 15 is 0 Å². The predicted octanol–water partition coefficient (Wildman–Crippen LogP) is 5.83. The Morgan fingerprint density at radius 1 is 0.619 bits per heavy atom. The van der Waals surface area contributed by atoms with Gasteiger partial charge < -0.3 is 39.1 Å². The Hall–Kier alpha value is -3.76. The van der Waals surface area contributed by atoms with Crippen LogP contribution in [0.3, 0.4) is 0 Å². The minimum atomic E-state index is -0.611. The van der Waals surface area contributed by atoms with Gasteiger partial charge in [-0.15, -0.1) is 0 Å². The molecule has 3 rings (SSSR count). The number of nitrogens with one attached hydrogen (secondary N) is 2. The highest BCUT2D eigenvalue weighted by Gasteiger charge is 2.21. The Kier molecular flexibility index (Phi) is 14.0. The first-order chi connectivity index (χ1) is 20.5. The van der Waals surface area contributed by atoms with E-state index in [0.29, 0.717) is 24.6 Å². The number of benzene rings is 3. The number of methoxy groups -OCH3 is 2. The summed E-state index contributed by atoms with van der Waals surface area (Å²) in [5.74, 6) is 1.29. The van der Waals surface area contributed by atoms with Crippen LogP contribution in [0.25, 0.3) is 21.5 Å². The third kappa shape index (κ3) is 9.66. The predicted molar refractivity (Wildman–Crippen MR) is 163 cm³/mol. The van der Waals surface area contributed by atoms with Crippen LogP contribution in [0.2, 0.25) is 0 Å². The smallest absolute Gasteiger partial charge is 0.407 e. The van der Waals surface area contributed by atoms with Gasteiger partial charge in [0.1, 0.15) is 24.7 Å². The molecule has 3 aromatic carbocycles. The van der Waals surface area contributed by atoms with Crippen LogP contribution in [0.4, 0.5) is 9.59 Å². The highest BCUT2D eigenvalue weighted by molar-refractivity contribution is 6.11. The van der Waals surface area contributed by atoms with Gasteiger partial charge in [0.2, 0.25) is 0 Å². The number of hydrogen-bond acceptors (Lipinski definition) is 8. The molecule has 0 spiro atoms. The molecule has 3 aromatic rings. The van der Waals surface area contributed by atoms with Crippen LogP contribution in [0.5, 0.6) is 11.5 Å². The molecule has 0 radical (unpaired) electrons. The Balaban J connectivity index is 1.84. The Morgan fingerprint density at radius 2 is 0.976 bits per heavy atom. The summed E-state index contributed by atoms with van der Waals surface area (Å²) in [6.07, 6.45) is 1.47. The molecule has 2 unspecified atom stereocenters. The fraction of sp³-hybridized carbons (Fsp3) is 0.500. The van der Waals surface area contributed by atoms with E-state index in [1.165, 1.54) is 0 Å². The molecule has 0 heterocycles. The molecule has 0 saturated carbocycles. The molecule has 230 valence electrons. The molecule has 0 saturated heterocycles. The van der Waals surface area contributed by atoms with Gasteiger partial charge in [-0.2, -0.15) is 0 Å². The highest BCUT2D eigenvalue weighted by atomic mass is 16.6. The molecule has 0 aliphatic heterocycles. The second kappa shape index (κ2) is 17.9. The molecule has 0 fully saturated rings. The van der Waals surface area contributed by atoms with Crippen molar-refractivity contribution in [3.05, 3.63) is 48.5 Å².